The van der Waals surface area contributed by atoms with E-state index in [1.54, 1.807) is 6.07 Å². The Morgan fingerprint density at radius 2 is 1.95 bits per heavy atom. The van der Waals surface area contributed by atoms with Crippen LogP contribution in [0.5, 0.6) is 5.75 Å². The van der Waals surface area contributed by atoms with E-state index in [-0.39, 0.29) is 35.3 Å². The number of fused-ring (bicyclic) bond motifs is 2. The Balaban J connectivity index is 1.04. The van der Waals surface area contributed by atoms with Gasteiger partial charge in [-0.1, -0.05) is 25.0 Å². The largest absolute Gasteiger partial charge is 0.508 e. The number of nitrogens with one attached hydrogen (secondary N) is 1. The van der Waals surface area contributed by atoms with Crippen LogP contribution in [0.25, 0.3) is 0 Å². The third-order valence-corrected chi connectivity index (χ3v) is 11.2. The Labute approximate surface area is 237 Å². The van der Waals surface area contributed by atoms with Gasteiger partial charge in [0.05, 0.1) is 11.2 Å². The van der Waals surface area contributed by atoms with Gasteiger partial charge in [0.1, 0.15) is 5.75 Å². The van der Waals surface area contributed by atoms with E-state index in [2.05, 4.69) is 33.4 Å². The molecule has 1 aromatic heterocycles. The Bertz CT molecular complexity index is 1250. The van der Waals surface area contributed by atoms with Crippen molar-refractivity contribution in [3.63, 3.8) is 0 Å². The molecule has 4 fully saturated rings. The molecule has 2 saturated heterocycles. The lowest BCUT2D eigenvalue weighted by Crippen LogP contribution is -2.74. The second-order valence-corrected chi connectivity index (χ2v) is 13.3. The van der Waals surface area contributed by atoms with Crippen LogP contribution in [0.4, 0.5) is 0 Å². The van der Waals surface area contributed by atoms with Gasteiger partial charge in [-0.2, -0.15) is 0 Å². The van der Waals surface area contributed by atoms with Crippen molar-refractivity contribution in [3.8, 4) is 5.75 Å². The van der Waals surface area contributed by atoms with Crippen LogP contribution in [0.15, 0.2) is 42.6 Å². The van der Waals surface area contributed by atoms with Gasteiger partial charge in [0.25, 0.3) is 0 Å². The van der Waals surface area contributed by atoms with E-state index in [0.717, 1.165) is 82.3 Å². The summed E-state index contributed by atoms with van der Waals surface area (Å²) in [5.74, 6) is 0.554. The van der Waals surface area contributed by atoms with Crippen LogP contribution in [0.1, 0.15) is 81.0 Å². The third kappa shape index (κ3) is 4.36. The maximum atomic E-state index is 12.6. The number of carbonyl (C=O) groups excluding carboxylic acids is 1. The summed E-state index contributed by atoms with van der Waals surface area (Å²) in [7, 11) is 0. The molecule has 3 N–H and O–H groups in total. The summed E-state index contributed by atoms with van der Waals surface area (Å²) >= 11 is 0. The molecule has 214 valence electrons. The van der Waals surface area contributed by atoms with Crippen LogP contribution in [0.3, 0.4) is 0 Å². The number of carbonyl (C=O) groups is 1. The number of phenolic OH excluding ortho intramolecular Hbond substituents is 1. The average molecular weight is 546 g/mol. The summed E-state index contributed by atoms with van der Waals surface area (Å²) in [6, 6.07) is 12.0. The number of hydrogen-bond donors (Lipinski definition) is 3. The fraction of sp³-hybridized carbons (Fsp3) is 0.636. The number of benzene rings is 1. The van der Waals surface area contributed by atoms with Crippen LogP contribution in [-0.4, -0.2) is 69.0 Å². The van der Waals surface area contributed by atoms with Crippen molar-refractivity contribution in [2.24, 2.45) is 5.92 Å². The molecule has 3 aliphatic carbocycles. The minimum absolute atomic E-state index is 0.0289. The van der Waals surface area contributed by atoms with Gasteiger partial charge in [-0.05, 0) is 106 Å². The quantitative estimate of drug-likeness (QED) is 0.434. The minimum atomic E-state index is -0.896. The van der Waals surface area contributed by atoms with Crippen LogP contribution in [0, 0.1) is 5.92 Å². The van der Waals surface area contributed by atoms with Gasteiger partial charge in [0.15, 0.2) is 0 Å². The highest BCUT2D eigenvalue weighted by Crippen LogP contribution is 2.60. The minimum Gasteiger partial charge on any atom is -0.508 e. The first-order valence-electron chi connectivity index (χ1n) is 15.5. The average Bonchev–Trinajstić information content (AvgIpc) is 3.54. The number of ether oxygens (including phenoxy) is 1. The second-order valence-electron chi connectivity index (χ2n) is 13.3. The molecule has 0 spiro atoms. The molecule has 5 atom stereocenters. The van der Waals surface area contributed by atoms with Gasteiger partial charge >= 0.3 is 0 Å². The third-order valence-electron chi connectivity index (χ3n) is 11.2. The van der Waals surface area contributed by atoms with E-state index in [1.807, 2.05) is 18.3 Å². The van der Waals surface area contributed by atoms with E-state index >= 15 is 0 Å². The number of piperidine rings is 1. The number of phenols is 1. The van der Waals surface area contributed by atoms with E-state index in [0.29, 0.717) is 12.8 Å². The lowest BCUT2D eigenvalue weighted by atomic mass is 9.47. The molecule has 1 amide bonds. The van der Waals surface area contributed by atoms with Crippen LogP contribution < -0.4 is 5.32 Å². The predicted octanol–water partition coefficient (Wildman–Crippen LogP) is 4.04. The molecule has 1 aromatic carbocycles. The van der Waals surface area contributed by atoms with Gasteiger partial charge in [-0.15, -0.1) is 0 Å². The van der Waals surface area contributed by atoms with E-state index < -0.39 is 11.0 Å². The van der Waals surface area contributed by atoms with E-state index in [9.17, 15) is 15.0 Å². The van der Waals surface area contributed by atoms with Crippen LogP contribution >= 0.6 is 0 Å². The topological polar surface area (TPSA) is 94.9 Å². The standard InChI is InChI=1S/C33H43N3O4/c37-26-9-8-23-17-29-33(39)20-24-18-30(38)35-28(24)22-32(33,27(23)19-26)12-15-36(29)14-5-6-16-40-31(10-2-3-11-31)21-25-7-1-4-13-34-25/h1,4,7-9,13,19,24,28-29,37,39H,2-3,5-6,10-12,14-18,20-22H2,(H,35,38)/t24-,28+,29-,32-,33-/m1/s1. The van der Waals surface area contributed by atoms with Gasteiger partial charge in [0.2, 0.25) is 5.91 Å². The van der Waals surface area contributed by atoms with Crippen molar-refractivity contribution in [2.45, 2.75) is 106 Å². The predicted molar refractivity (Wildman–Crippen MR) is 152 cm³/mol. The summed E-state index contributed by atoms with van der Waals surface area (Å²) in [5, 5.41) is 26.2. The highest BCUT2D eigenvalue weighted by atomic mass is 16.5. The molecule has 0 unspecified atom stereocenters. The van der Waals surface area contributed by atoms with Crippen molar-refractivity contribution in [3.05, 3.63) is 59.4 Å². The van der Waals surface area contributed by atoms with Gasteiger partial charge in [0, 0.05) is 48.8 Å². The first-order valence-corrected chi connectivity index (χ1v) is 15.5. The summed E-state index contributed by atoms with van der Waals surface area (Å²) in [5.41, 5.74) is 2.07. The zero-order valence-electron chi connectivity index (χ0n) is 23.5. The Morgan fingerprint density at radius 3 is 2.77 bits per heavy atom. The molecule has 3 heterocycles. The van der Waals surface area contributed by atoms with Crippen molar-refractivity contribution in [2.75, 3.05) is 19.7 Å². The van der Waals surface area contributed by atoms with Crippen molar-refractivity contribution in [1.82, 2.24) is 15.2 Å². The van der Waals surface area contributed by atoms with Crippen LogP contribution in [0.2, 0.25) is 0 Å². The molecule has 7 rings (SSSR count). The maximum Gasteiger partial charge on any atom is 0.220 e. The fourth-order valence-corrected chi connectivity index (χ4v) is 9.28. The van der Waals surface area contributed by atoms with Gasteiger partial charge < -0.3 is 20.3 Å². The van der Waals surface area contributed by atoms with Gasteiger partial charge in [-0.25, -0.2) is 0 Å². The lowest BCUT2D eigenvalue weighted by Gasteiger charge is -2.65. The molecule has 40 heavy (non-hydrogen) atoms. The number of aromatic nitrogens is 1. The summed E-state index contributed by atoms with van der Waals surface area (Å²) < 4.78 is 6.61. The zero-order chi connectivity index (χ0) is 27.4. The SMILES string of the molecule is O=C1C[C@@H]2C[C@@]3(O)[C@H]4Cc5ccc(O)cc5[C@@]3(CCN4CCCCOC3(Cc4ccccn4)CCCC3)C[C@@H]2N1. The molecule has 0 radical (unpaired) electrons. The zero-order valence-corrected chi connectivity index (χ0v) is 23.5. The first kappa shape index (κ1) is 26.4. The number of likely N-dealkylation sites (tertiary alicyclic amines) is 1. The number of hydrogen-bond acceptors (Lipinski definition) is 6. The summed E-state index contributed by atoms with van der Waals surface area (Å²) in [6.07, 6.45) is 13.0. The van der Waals surface area contributed by atoms with Gasteiger partial charge in [-0.3, -0.25) is 14.7 Å². The maximum absolute atomic E-state index is 12.6. The highest BCUT2D eigenvalue weighted by Gasteiger charge is 2.67. The number of aliphatic hydroxyl groups is 1. The molecule has 2 bridgehead atoms. The van der Waals surface area contributed by atoms with Crippen LogP contribution in [-0.2, 0) is 27.8 Å². The van der Waals surface area contributed by atoms with Crippen molar-refractivity contribution < 1.29 is 19.7 Å². The normalized spacial score (nSPS) is 34.1. The lowest BCUT2D eigenvalue weighted by molar-refractivity contribution is -0.178. The molecule has 2 aliphatic heterocycles. The number of nitrogens with zero attached hydrogens (tertiary/aromatic N) is 2. The monoisotopic (exact) mass is 545 g/mol. The molecule has 7 heteroatoms. The molecular weight excluding hydrogens is 502 g/mol. The van der Waals surface area contributed by atoms with Crippen molar-refractivity contribution in [1.29, 1.82) is 0 Å². The Hall–Kier alpha value is -2.48. The van der Waals surface area contributed by atoms with E-state index in [1.165, 1.54) is 18.4 Å². The highest BCUT2D eigenvalue weighted by molar-refractivity contribution is 5.79. The number of rotatable bonds is 8. The second kappa shape index (κ2) is 10.1. The number of unbranched alkanes of at least 4 members (excludes halogenated alkanes) is 1. The number of aromatic hydroxyl groups is 1. The molecule has 2 saturated carbocycles. The first-order chi connectivity index (χ1) is 19.4. The molecular formula is C33H43N3O4. The van der Waals surface area contributed by atoms with E-state index in [4.69, 9.17) is 4.74 Å². The fourth-order valence-electron chi connectivity index (χ4n) is 9.28. The summed E-state index contributed by atoms with van der Waals surface area (Å²) in [4.78, 5) is 19.4. The molecule has 5 aliphatic rings. The Kier molecular flexibility index (Phi) is 6.68. The molecule has 2 aromatic rings. The number of amides is 1. The smallest absolute Gasteiger partial charge is 0.220 e. The Morgan fingerprint density at radius 1 is 1.07 bits per heavy atom. The number of pyridine rings is 1. The van der Waals surface area contributed by atoms with Crippen molar-refractivity contribution >= 4 is 5.91 Å². The molecule has 7 nitrogen and oxygen atoms in total. The summed E-state index contributed by atoms with van der Waals surface area (Å²) in [6.45, 7) is 2.63.